The first-order valence-electron chi connectivity index (χ1n) is 10.1. The van der Waals surface area contributed by atoms with Gasteiger partial charge in [-0.3, -0.25) is 9.59 Å². The van der Waals surface area contributed by atoms with Crippen molar-refractivity contribution in [2.24, 2.45) is 34.0 Å². The number of carbonyl (C=O) groups is 2. The van der Waals surface area contributed by atoms with E-state index in [9.17, 15) is 24.9 Å². The van der Waals surface area contributed by atoms with E-state index >= 15 is 0 Å². The van der Waals surface area contributed by atoms with Crippen LogP contribution in [0.25, 0.3) is 0 Å². The van der Waals surface area contributed by atoms with Crippen LogP contribution >= 0.6 is 0 Å². The van der Waals surface area contributed by atoms with Crippen LogP contribution in [-0.4, -0.2) is 46.6 Å². The number of hydrogen-bond donors (Lipinski definition) is 3. The Morgan fingerprint density at radius 2 is 1.89 bits per heavy atom. The second-order valence-electron chi connectivity index (χ2n) is 10.2. The molecule has 0 aromatic carbocycles. The van der Waals surface area contributed by atoms with Crippen LogP contribution in [0.4, 0.5) is 0 Å². The standard InChI is InChI=1S/C21H34O6/c1-18(2,17(25)27-4)14-7-8-20-9-13(21(26,11-20)12-22)5-6-15(20)19(14,3)10-16(23)24/h13-15,22,26H,5-12H2,1-4H3,(H,23,24). The van der Waals surface area contributed by atoms with Gasteiger partial charge in [0.05, 0.1) is 31.2 Å². The molecule has 3 N–H and O–H groups in total. The summed E-state index contributed by atoms with van der Waals surface area (Å²) in [5.41, 5.74) is -2.53. The van der Waals surface area contributed by atoms with Gasteiger partial charge in [0, 0.05) is 0 Å². The molecule has 3 aliphatic rings. The van der Waals surface area contributed by atoms with E-state index < -0.39 is 22.4 Å². The fraction of sp³-hybridized carbons (Fsp3) is 0.905. The molecule has 0 amide bonds. The van der Waals surface area contributed by atoms with Crippen LogP contribution in [0.15, 0.2) is 0 Å². The maximum absolute atomic E-state index is 12.5. The summed E-state index contributed by atoms with van der Waals surface area (Å²) < 4.78 is 5.05. The van der Waals surface area contributed by atoms with Crippen molar-refractivity contribution in [3.8, 4) is 0 Å². The number of carbonyl (C=O) groups excluding carboxylic acids is 1. The normalized spacial score (nSPS) is 43.9. The average molecular weight is 382 g/mol. The summed E-state index contributed by atoms with van der Waals surface area (Å²) in [4.78, 5) is 24.4. The summed E-state index contributed by atoms with van der Waals surface area (Å²) in [6.45, 7) is 5.52. The first-order chi connectivity index (χ1) is 12.4. The average Bonchev–Trinajstić information content (AvgIpc) is 2.79. The number of rotatable bonds is 5. The van der Waals surface area contributed by atoms with Gasteiger partial charge < -0.3 is 20.1 Å². The van der Waals surface area contributed by atoms with Crippen molar-refractivity contribution < 1.29 is 29.6 Å². The monoisotopic (exact) mass is 382 g/mol. The van der Waals surface area contributed by atoms with Crippen molar-refractivity contribution in [3.05, 3.63) is 0 Å². The fourth-order valence-electron chi connectivity index (χ4n) is 7.56. The first-order valence-corrected chi connectivity index (χ1v) is 10.1. The van der Waals surface area contributed by atoms with Gasteiger partial charge in [-0.25, -0.2) is 0 Å². The Morgan fingerprint density at radius 1 is 1.22 bits per heavy atom. The number of carboxylic acids is 1. The molecule has 6 atom stereocenters. The number of fused-ring (bicyclic) bond motifs is 1. The van der Waals surface area contributed by atoms with Gasteiger partial charge in [-0.1, -0.05) is 6.92 Å². The van der Waals surface area contributed by atoms with Crippen LogP contribution in [0, 0.1) is 34.0 Å². The van der Waals surface area contributed by atoms with Gasteiger partial charge in [-0.2, -0.15) is 0 Å². The van der Waals surface area contributed by atoms with Crippen LogP contribution in [0.2, 0.25) is 0 Å². The molecular formula is C21H34O6. The minimum absolute atomic E-state index is 0.00667. The summed E-state index contributed by atoms with van der Waals surface area (Å²) in [6, 6.07) is 0. The number of carboxylic acid groups (broad SMARTS) is 1. The topological polar surface area (TPSA) is 104 Å². The predicted octanol–water partition coefficient (Wildman–Crippen LogP) is 2.61. The number of aliphatic hydroxyl groups excluding tert-OH is 1. The zero-order valence-corrected chi connectivity index (χ0v) is 17.0. The van der Waals surface area contributed by atoms with Crippen molar-refractivity contribution in [1.29, 1.82) is 0 Å². The molecule has 154 valence electrons. The van der Waals surface area contributed by atoms with Gasteiger partial charge in [0.1, 0.15) is 0 Å². The maximum atomic E-state index is 12.5. The Bertz CT molecular complexity index is 630. The lowest BCUT2D eigenvalue weighted by molar-refractivity contribution is -0.176. The van der Waals surface area contributed by atoms with Crippen molar-refractivity contribution in [1.82, 2.24) is 0 Å². The lowest BCUT2D eigenvalue weighted by atomic mass is 9.43. The van der Waals surface area contributed by atoms with E-state index in [1.165, 1.54) is 7.11 Å². The minimum atomic E-state index is -1.05. The highest BCUT2D eigenvalue weighted by atomic mass is 16.5. The fourth-order valence-corrected chi connectivity index (χ4v) is 7.56. The summed E-state index contributed by atoms with van der Waals surface area (Å²) in [6.07, 6.45) is 4.61. The molecule has 6 nitrogen and oxygen atoms in total. The first kappa shape index (κ1) is 20.6. The quantitative estimate of drug-likeness (QED) is 0.632. The molecule has 6 unspecified atom stereocenters. The van der Waals surface area contributed by atoms with Crippen LogP contribution < -0.4 is 0 Å². The Balaban J connectivity index is 2.04. The molecule has 27 heavy (non-hydrogen) atoms. The van der Waals surface area contributed by atoms with Gasteiger partial charge in [-0.15, -0.1) is 0 Å². The molecule has 1 spiro atoms. The highest BCUT2D eigenvalue weighted by Crippen LogP contribution is 2.71. The Labute approximate surface area is 161 Å². The number of hydrogen-bond acceptors (Lipinski definition) is 5. The predicted molar refractivity (Wildman–Crippen MR) is 98.8 cm³/mol. The summed E-state index contributed by atoms with van der Waals surface area (Å²) >= 11 is 0. The molecule has 0 aromatic heterocycles. The molecule has 3 rings (SSSR count). The largest absolute Gasteiger partial charge is 0.481 e. The van der Waals surface area contributed by atoms with Gasteiger partial charge in [0.2, 0.25) is 0 Å². The van der Waals surface area contributed by atoms with E-state index in [1.54, 1.807) is 0 Å². The van der Waals surface area contributed by atoms with Crippen molar-refractivity contribution in [2.75, 3.05) is 13.7 Å². The molecule has 0 radical (unpaired) electrons. The zero-order chi connectivity index (χ0) is 20.3. The van der Waals surface area contributed by atoms with Crippen LogP contribution in [0.3, 0.4) is 0 Å². The third-order valence-corrected chi connectivity index (χ3v) is 8.53. The van der Waals surface area contributed by atoms with Crippen molar-refractivity contribution in [3.63, 3.8) is 0 Å². The smallest absolute Gasteiger partial charge is 0.311 e. The highest BCUT2D eigenvalue weighted by molar-refractivity contribution is 5.76. The molecule has 0 aromatic rings. The van der Waals surface area contributed by atoms with Crippen molar-refractivity contribution >= 4 is 11.9 Å². The molecule has 0 aliphatic heterocycles. The molecule has 2 bridgehead atoms. The van der Waals surface area contributed by atoms with E-state index in [4.69, 9.17) is 4.74 Å². The number of ether oxygens (including phenoxy) is 1. The summed E-state index contributed by atoms with van der Waals surface area (Å²) in [5, 5.41) is 30.5. The number of esters is 1. The van der Waals surface area contributed by atoms with Gasteiger partial charge in [0.25, 0.3) is 0 Å². The Morgan fingerprint density at radius 3 is 2.44 bits per heavy atom. The van der Waals surface area contributed by atoms with Crippen LogP contribution in [-0.2, 0) is 14.3 Å². The van der Waals surface area contributed by atoms with E-state index in [1.807, 2.05) is 20.8 Å². The van der Waals surface area contributed by atoms with Gasteiger partial charge in [-0.05, 0) is 81.0 Å². The molecule has 3 aliphatic carbocycles. The van der Waals surface area contributed by atoms with Crippen LogP contribution in [0.1, 0.15) is 65.7 Å². The van der Waals surface area contributed by atoms with Crippen LogP contribution in [0.5, 0.6) is 0 Å². The van der Waals surface area contributed by atoms with Gasteiger partial charge in [0.15, 0.2) is 0 Å². The van der Waals surface area contributed by atoms with Gasteiger partial charge >= 0.3 is 11.9 Å². The highest BCUT2D eigenvalue weighted by Gasteiger charge is 2.67. The lowest BCUT2D eigenvalue weighted by Gasteiger charge is -2.60. The molecule has 3 fully saturated rings. The summed E-state index contributed by atoms with van der Waals surface area (Å²) in [7, 11) is 1.38. The maximum Gasteiger partial charge on any atom is 0.311 e. The van der Waals surface area contributed by atoms with E-state index in [2.05, 4.69) is 0 Å². The minimum Gasteiger partial charge on any atom is -0.481 e. The van der Waals surface area contributed by atoms with E-state index in [0.717, 1.165) is 32.1 Å². The molecule has 6 heteroatoms. The SMILES string of the molecule is COC(=O)C(C)(C)C1CCC23CC(CCC2C1(C)CC(=O)O)C(O)(CO)C3. The molecule has 0 saturated heterocycles. The number of aliphatic hydroxyl groups is 2. The lowest BCUT2D eigenvalue weighted by Crippen LogP contribution is -2.56. The third-order valence-electron chi connectivity index (χ3n) is 8.53. The number of methoxy groups -OCH3 is 1. The van der Waals surface area contributed by atoms with Crippen molar-refractivity contribution in [2.45, 2.75) is 71.3 Å². The molecular weight excluding hydrogens is 348 g/mol. The molecule has 3 saturated carbocycles. The second kappa shape index (κ2) is 6.45. The van der Waals surface area contributed by atoms with E-state index in [0.29, 0.717) is 6.42 Å². The Kier molecular flexibility index (Phi) is 4.92. The second-order valence-corrected chi connectivity index (χ2v) is 10.2. The van der Waals surface area contributed by atoms with E-state index in [-0.39, 0.29) is 42.2 Å². The third kappa shape index (κ3) is 2.91. The summed E-state index contributed by atoms with van der Waals surface area (Å²) in [5.74, 6) is -1.06. The molecule has 0 heterocycles. The number of aliphatic carboxylic acids is 1. The zero-order valence-electron chi connectivity index (χ0n) is 17.0. The Hall–Kier alpha value is -1.14.